The molecule has 0 heterocycles. The predicted molar refractivity (Wildman–Crippen MR) is 178 cm³/mol. The molecule has 0 spiro atoms. The molecule has 0 fully saturated rings. The van der Waals surface area contributed by atoms with Crippen molar-refractivity contribution in [2.45, 2.75) is 12.1 Å². The third-order valence-corrected chi connectivity index (χ3v) is 18.9. The van der Waals surface area contributed by atoms with Crippen LogP contribution in [-0.2, 0) is 0 Å². The van der Waals surface area contributed by atoms with Crippen molar-refractivity contribution in [2.75, 3.05) is 0 Å². The number of rotatable bonds is 9. The molecule has 2 heteroatoms. The van der Waals surface area contributed by atoms with Crippen molar-refractivity contribution in [3.8, 4) is 0 Å². The molecule has 0 aliphatic carbocycles. The quantitative estimate of drug-likeness (QED) is 0.170. The normalized spacial score (nSPS) is 11.7. The van der Waals surface area contributed by atoms with E-state index < -0.39 is 16.1 Å². The van der Waals surface area contributed by atoms with Crippen molar-refractivity contribution in [1.82, 2.24) is 0 Å². The van der Waals surface area contributed by atoms with E-state index >= 15 is 0 Å². The predicted octanol–water partition coefficient (Wildman–Crippen LogP) is 5.33. The summed E-state index contributed by atoms with van der Waals surface area (Å²) in [6.07, 6.45) is 0. The molecule has 0 aliphatic rings. The van der Waals surface area contributed by atoms with Crippen LogP contribution in [0.3, 0.4) is 0 Å². The van der Waals surface area contributed by atoms with E-state index in [0.717, 1.165) is 12.1 Å². The van der Waals surface area contributed by atoms with Crippen molar-refractivity contribution in [3.05, 3.63) is 182 Å². The summed E-state index contributed by atoms with van der Waals surface area (Å²) < 4.78 is 0. The Balaban J connectivity index is 1.62. The first-order valence-electron chi connectivity index (χ1n) is 14.2. The lowest BCUT2D eigenvalue weighted by Crippen LogP contribution is -2.71. The van der Waals surface area contributed by atoms with Gasteiger partial charge in [0, 0.05) is 0 Å². The Kier molecular flexibility index (Phi) is 7.72. The van der Waals surface area contributed by atoms with Gasteiger partial charge < -0.3 is 0 Å². The van der Waals surface area contributed by atoms with Gasteiger partial charge in [0.05, 0.1) is 0 Å². The third kappa shape index (κ3) is 4.81. The molecule has 6 aromatic carbocycles. The summed E-state index contributed by atoms with van der Waals surface area (Å²) >= 11 is 0. The van der Waals surface area contributed by atoms with Gasteiger partial charge in [0.2, 0.25) is 0 Å². The van der Waals surface area contributed by atoms with Crippen LogP contribution >= 0.6 is 0 Å². The van der Waals surface area contributed by atoms with Crippen LogP contribution in [0.1, 0.15) is 0 Å². The van der Waals surface area contributed by atoms with Crippen LogP contribution in [0, 0.1) is 0 Å². The van der Waals surface area contributed by atoms with Crippen LogP contribution in [0.4, 0.5) is 0 Å². The number of benzene rings is 6. The number of hydrogen-bond donors (Lipinski definition) is 0. The number of hydrogen-bond acceptors (Lipinski definition) is 0. The van der Waals surface area contributed by atoms with Crippen LogP contribution in [0.5, 0.6) is 0 Å². The molecule has 6 aromatic rings. The summed E-state index contributed by atoms with van der Waals surface area (Å²) in [4.78, 5) is 0. The highest BCUT2D eigenvalue weighted by Crippen LogP contribution is 2.23. The fourth-order valence-corrected chi connectivity index (χ4v) is 17.9. The Morgan fingerprint density at radius 1 is 0.225 bits per heavy atom. The van der Waals surface area contributed by atoms with E-state index in [0.29, 0.717) is 0 Å². The van der Waals surface area contributed by atoms with Gasteiger partial charge in [0.25, 0.3) is 0 Å². The average Bonchev–Trinajstić information content (AvgIpc) is 3.06. The standard InChI is InChI=1S/C38H34Si2/c1-7-19-33(20-8-1)39(34-21-9-2-10-22-34,35-23-11-3-12-24-35)31-32-40(36-25-13-4-14-26-36,37-27-15-5-16-28-37)38-29-17-6-18-30-38/h1-30H,31-32H2. The smallest absolute Gasteiger partial charge is 0.0624 e. The Labute approximate surface area is 240 Å². The van der Waals surface area contributed by atoms with Crippen LogP contribution in [0.15, 0.2) is 182 Å². The molecule has 0 saturated heterocycles. The van der Waals surface area contributed by atoms with E-state index in [9.17, 15) is 0 Å². The Hall–Kier alpha value is -4.25. The van der Waals surface area contributed by atoms with Crippen LogP contribution < -0.4 is 31.1 Å². The van der Waals surface area contributed by atoms with Gasteiger partial charge in [-0.05, 0) is 43.2 Å². The highest BCUT2D eigenvalue weighted by Gasteiger charge is 2.45. The molecule has 194 valence electrons. The first-order chi connectivity index (χ1) is 19.8. The molecule has 0 amide bonds. The summed E-state index contributed by atoms with van der Waals surface area (Å²) in [5, 5.41) is 8.86. The summed E-state index contributed by atoms with van der Waals surface area (Å²) in [6, 6.07) is 70.3. The molecule has 0 atom stereocenters. The molecule has 0 unspecified atom stereocenters. The first-order valence-corrected chi connectivity index (χ1v) is 18.6. The monoisotopic (exact) mass is 546 g/mol. The Bertz CT molecular complexity index is 1280. The molecule has 0 aliphatic heterocycles. The van der Waals surface area contributed by atoms with Gasteiger partial charge >= 0.3 is 0 Å². The maximum atomic E-state index is 2.38. The van der Waals surface area contributed by atoms with Gasteiger partial charge in [0.1, 0.15) is 16.1 Å². The topological polar surface area (TPSA) is 0 Å². The molecule has 0 nitrogen and oxygen atoms in total. The molecule has 0 bridgehead atoms. The molecular formula is C38H34Si2. The van der Waals surface area contributed by atoms with Crippen LogP contribution in [0.2, 0.25) is 12.1 Å². The van der Waals surface area contributed by atoms with Crippen molar-refractivity contribution >= 4 is 47.3 Å². The SMILES string of the molecule is c1ccc([Si](CC[Si](c2ccccc2)(c2ccccc2)c2ccccc2)(c2ccccc2)c2ccccc2)cc1. The fraction of sp³-hybridized carbons (Fsp3) is 0.0526. The summed E-state index contributed by atoms with van der Waals surface area (Å²) in [7, 11) is -4.80. The maximum absolute atomic E-state index is 2.40. The second-order valence-corrected chi connectivity index (χ2v) is 18.6. The van der Waals surface area contributed by atoms with E-state index in [1.807, 2.05) is 0 Å². The zero-order valence-corrected chi connectivity index (χ0v) is 24.7. The van der Waals surface area contributed by atoms with Gasteiger partial charge in [0.15, 0.2) is 0 Å². The first kappa shape index (κ1) is 26.0. The van der Waals surface area contributed by atoms with Crippen molar-refractivity contribution in [1.29, 1.82) is 0 Å². The summed E-state index contributed by atoms with van der Waals surface area (Å²) in [5.74, 6) is 0. The van der Waals surface area contributed by atoms with Gasteiger partial charge in [-0.15, -0.1) is 0 Å². The van der Waals surface area contributed by atoms with Gasteiger partial charge in [-0.2, -0.15) is 0 Å². The highest BCUT2D eigenvalue weighted by atomic mass is 28.3. The molecule has 0 saturated carbocycles. The molecule has 0 N–H and O–H groups in total. The molecule has 6 rings (SSSR count). The van der Waals surface area contributed by atoms with Crippen molar-refractivity contribution in [2.24, 2.45) is 0 Å². The molecule has 40 heavy (non-hydrogen) atoms. The zero-order valence-electron chi connectivity index (χ0n) is 22.7. The fourth-order valence-electron chi connectivity index (χ4n) is 6.58. The van der Waals surface area contributed by atoms with Gasteiger partial charge in [-0.1, -0.05) is 182 Å². The van der Waals surface area contributed by atoms with Gasteiger partial charge in [-0.25, -0.2) is 0 Å². The molecule has 0 radical (unpaired) electrons. The van der Waals surface area contributed by atoms with Crippen LogP contribution in [0.25, 0.3) is 0 Å². The highest BCUT2D eigenvalue weighted by molar-refractivity contribution is 7.15. The van der Waals surface area contributed by atoms with Gasteiger partial charge in [-0.3, -0.25) is 0 Å². The van der Waals surface area contributed by atoms with E-state index in [1.165, 1.54) is 31.1 Å². The molecule has 0 aromatic heterocycles. The van der Waals surface area contributed by atoms with E-state index in [4.69, 9.17) is 0 Å². The third-order valence-electron chi connectivity index (χ3n) is 8.47. The summed E-state index contributed by atoms with van der Waals surface area (Å²) in [5.41, 5.74) is 0. The second kappa shape index (κ2) is 11.9. The minimum absolute atomic E-state index is 1.12. The lowest BCUT2D eigenvalue weighted by Gasteiger charge is -2.39. The maximum Gasteiger partial charge on any atom is 0.148 e. The zero-order chi connectivity index (χ0) is 27.1. The minimum atomic E-state index is -2.40. The van der Waals surface area contributed by atoms with Crippen molar-refractivity contribution in [3.63, 3.8) is 0 Å². The Morgan fingerprint density at radius 2 is 0.375 bits per heavy atom. The van der Waals surface area contributed by atoms with E-state index in [1.54, 1.807) is 0 Å². The van der Waals surface area contributed by atoms with E-state index in [2.05, 4.69) is 182 Å². The Morgan fingerprint density at radius 3 is 0.525 bits per heavy atom. The largest absolute Gasteiger partial charge is 0.148 e. The lowest BCUT2D eigenvalue weighted by atomic mass is 10.3. The molecular weight excluding hydrogens is 513 g/mol. The van der Waals surface area contributed by atoms with Crippen molar-refractivity contribution < 1.29 is 0 Å². The van der Waals surface area contributed by atoms with E-state index in [-0.39, 0.29) is 0 Å². The second-order valence-electron chi connectivity index (χ2n) is 10.5. The summed E-state index contributed by atoms with van der Waals surface area (Å²) in [6.45, 7) is 0. The van der Waals surface area contributed by atoms with Crippen LogP contribution in [-0.4, -0.2) is 16.1 Å². The minimum Gasteiger partial charge on any atom is -0.0624 e. The average molecular weight is 547 g/mol. The lowest BCUT2D eigenvalue weighted by molar-refractivity contribution is 1.33.